The van der Waals surface area contributed by atoms with Crippen LogP contribution in [0.3, 0.4) is 0 Å². The Morgan fingerprint density at radius 3 is 2.71 bits per heavy atom. The van der Waals surface area contributed by atoms with E-state index >= 15 is 0 Å². The van der Waals surface area contributed by atoms with Gasteiger partial charge in [0.2, 0.25) is 11.9 Å². The number of nitrogens with two attached hydrogens (primary N) is 1. The molecule has 2 aliphatic rings. The zero-order valence-corrected chi connectivity index (χ0v) is 16.1. The Kier molecular flexibility index (Phi) is 4.75. The molecule has 1 atom stereocenters. The van der Waals surface area contributed by atoms with E-state index in [9.17, 15) is 9.59 Å². The minimum absolute atomic E-state index is 0.0157. The summed E-state index contributed by atoms with van der Waals surface area (Å²) in [7, 11) is 1.85. The van der Waals surface area contributed by atoms with Crippen LogP contribution in [0, 0.1) is 5.41 Å². The van der Waals surface area contributed by atoms with Crippen molar-refractivity contribution in [3.63, 3.8) is 0 Å². The monoisotopic (exact) mass is 379 g/mol. The Morgan fingerprint density at radius 2 is 1.96 bits per heavy atom. The molecule has 2 aromatic rings. The number of anilines is 1. The van der Waals surface area contributed by atoms with E-state index in [0.717, 1.165) is 24.8 Å². The topological polar surface area (TPSA) is 92.4 Å². The highest BCUT2D eigenvalue weighted by Crippen LogP contribution is 2.39. The molecule has 4 rings (SSSR count). The Bertz CT molecular complexity index is 901. The smallest absolute Gasteiger partial charge is 0.257 e. The van der Waals surface area contributed by atoms with Crippen molar-refractivity contribution in [1.29, 1.82) is 0 Å². The van der Waals surface area contributed by atoms with Gasteiger partial charge in [-0.15, -0.1) is 0 Å². The number of benzene rings is 1. The van der Waals surface area contributed by atoms with Gasteiger partial charge in [-0.3, -0.25) is 9.59 Å². The molecule has 3 heterocycles. The molecule has 7 nitrogen and oxygen atoms in total. The van der Waals surface area contributed by atoms with Gasteiger partial charge in [-0.05, 0) is 19.3 Å². The zero-order chi connectivity index (χ0) is 19.7. The van der Waals surface area contributed by atoms with Gasteiger partial charge in [0.15, 0.2) is 0 Å². The molecule has 0 radical (unpaired) electrons. The number of piperidine rings is 2. The highest BCUT2D eigenvalue weighted by atomic mass is 16.2. The molecule has 7 heteroatoms. The van der Waals surface area contributed by atoms with Crippen molar-refractivity contribution in [1.82, 2.24) is 19.8 Å². The molecule has 0 aliphatic carbocycles. The van der Waals surface area contributed by atoms with Gasteiger partial charge in [0.05, 0.1) is 11.3 Å². The quantitative estimate of drug-likeness (QED) is 0.864. The summed E-state index contributed by atoms with van der Waals surface area (Å²) in [5, 5.41) is 0. The first-order valence-electron chi connectivity index (χ1n) is 9.69. The number of aromatic nitrogens is 2. The number of hydrogen-bond acceptors (Lipinski definition) is 5. The normalized spacial score (nSPS) is 22.5. The van der Waals surface area contributed by atoms with Crippen LogP contribution in [0.2, 0.25) is 0 Å². The van der Waals surface area contributed by atoms with Crippen LogP contribution in [-0.2, 0) is 4.79 Å². The minimum atomic E-state index is -0.0718. The molecule has 146 valence electrons. The number of nitrogens with zero attached hydrogens (tertiary/aromatic N) is 4. The van der Waals surface area contributed by atoms with Crippen molar-refractivity contribution >= 4 is 17.8 Å². The van der Waals surface area contributed by atoms with Gasteiger partial charge < -0.3 is 15.5 Å². The van der Waals surface area contributed by atoms with Gasteiger partial charge in [-0.1, -0.05) is 30.3 Å². The Labute approximate surface area is 164 Å². The largest absolute Gasteiger partial charge is 0.368 e. The maximum Gasteiger partial charge on any atom is 0.257 e. The molecule has 1 aromatic heterocycles. The second kappa shape index (κ2) is 7.22. The first-order valence-corrected chi connectivity index (χ1v) is 9.69. The summed E-state index contributed by atoms with van der Waals surface area (Å²) in [4.78, 5) is 37.4. The van der Waals surface area contributed by atoms with E-state index in [1.54, 1.807) is 4.90 Å². The molecule has 0 saturated carbocycles. The van der Waals surface area contributed by atoms with E-state index in [2.05, 4.69) is 9.97 Å². The van der Waals surface area contributed by atoms with Crippen molar-refractivity contribution < 1.29 is 9.59 Å². The Morgan fingerprint density at radius 1 is 1.18 bits per heavy atom. The van der Waals surface area contributed by atoms with Crippen LogP contribution in [0.15, 0.2) is 36.5 Å². The van der Waals surface area contributed by atoms with Gasteiger partial charge in [-0.2, -0.15) is 0 Å². The van der Waals surface area contributed by atoms with Crippen LogP contribution in [0.25, 0.3) is 11.3 Å². The fourth-order valence-corrected chi connectivity index (χ4v) is 4.49. The first kappa shape index (κ1) is 18.4. The van der Waals surface area contributed by atoms with E-state index in [1.807, 2.05) is 42.3 Å². The van der Waals surface area contributed by atoms with Crippen molar-refractivity contribution in [2.45, 2.75) is 25.7 Å². The molecule has 2 saturated heterocycles. The number of hydrogen-bond donors (Lipinski definition) is 1. The standard InChI is InChI=1S/C21H25N5O2/c1-25-13-21(10-8-17(25)27)9-5-11-26(14-21)19(28)16-12-23-20(22)24-18(16)15-6-3-2-4-7-15/h2-4,6-7,12H,5,8-11,13-14H2,1H3,(H2,22,23,24)/t21-/m0/s1. The van der Waals surface area contributed by atoms with E-state index in [-0.39, 0.29) is 23.2 Å². The second-order valence-electron chi connectivity index (χ2n) is 7.94. The van der Waals surface area contributed by atoms with E-state index in [1.165, 1.54) is 6.20 Å². The van der Waals surface area contributed by atoms with Gasteiger partial charge >= 0.3 is 0 Å². The van der Waals surface area contributed by atoms with E-state index < -0.39 is 0 Å². The van der Waals surface area contributed by atoms with Gasteiger partial charge in [0.1, 0.15) is 0 Å². The SMILES string of the molecule is CN1C[C@]2(CCCN(C(=O)c3cnc(N)nc3-c3ccccc3)C2)CCC1=O. The van der Waals surface area contributed by atoms with Crippen molar-refractivity contribution in [3.8, 4) is 11.3 Å². The third kappa shape index (κ3) is 3.44. The summed E-state index contributed by atoms with van der Waals surface area (Å²) in [6.45, 7) is 2.07. The van der Waals surface area contributed by atoms with Crippen LogP contribution in [0.4, 0.5) is 5.95 Å². The average molecular weight is 379 g/mol. The summed E-state index contributed by atoms with van der Waals surface area (Å²) in [6, 6.07) is 9.57. The number of likely N-dealkylation sites (tertiary alicyclic amines) is 2. The molecule has 2 N–H and O–H groups in total. The van der Waals surface area contributed by atoms with E-state index in [0.29, 0.717) is 37.3 Å². The van der Waals surface area contributed by atoms with E-state index in [4.69, 9.17) is 5.73 Å². The molecule has 2 fully saturated rings. The predicted molar refractivity (Wildman–Crippen MR) is 106 cm³/mol. The Hall–Kier alpha value is -2.96. The van der Waals surface area contributed by atoms with Crippen LogP contribution >= 0.6 is 0 Å². The molecule has 1 aromatic carbocycles. The summed E-state index contributed by atoms with van der Waals surface area (Å²) in [5.41, 5.74) is 7.66. The van der Waals surface area contributed by atoms with Crippen LogP contribution < -0.4 is 5.73 Å². The Balaban J connectivity index is 1.62. The molecular weight excluding hydrogens is 354 g/mol. The lowest BCUT2D eigenvalue weighted by atomic mass is 9.73. The highest BCUT2D eigenvalue weighted by molar-refractivity contribution is 6.00. The van der Waals surface area contributed by atoms with Crippen LogP contribution in [-0.4, -0.2) is 58.3 Å². The lowest BCUT2D eigenvalue weighted by molar-refractivity contribution is -0.137. The molecule has 0 unspecified atom stereocenters. The first-order chi connectivity index (χ1) is 13.5. The molecule has 1 spiro atoms. The molecule has 2 amide bonds. The number of nitrogen functional groups attached to an aromatic ring is 1. The summed E-state index contributed by atoms with van der Waals surface area (Å²) >= 11 is 0. The molecule has 0 bridgehead atoms. The molecular formula is C21H25N5O2. The maximum atomic E-state index is 13.4. The third-order valence-corrected chi connectivity index (χ3v) is 5.90. The summed E-state index contributed by atoms with van der Waals surface area (Å²) in [6.07, 6.45) is 4.90. The third-order valence-electron chi connectivity index (χ3n) is 5.90. The molecule has 28 heavy (non-hydrogen) atoms. The highest BCUT2D eigenvalue weighted by Gasteiger charge is 2.42. The number of rotatable bonds is 2. The maximum absolute atomic E-state index is 13.4. The van der Waals surface area contributed by atoms with Crippen molar-refractivity contribution in [3.05, 3.63) is 42.1 Å². The van der Waals surface area contributed by atoms with Crippen molar-refractivity contribution in [2.24, 2.45) is 5.41 Å². The second-order valence-corrected chi connectivity index (χ2v) is 7.94. The molecule has 2 aliphatic heterocycles. The van der Waals surface area contributed by atoms with Crippen LogP contribution in [0.1, 0.15) is 36.0 Å². The summed E-state index contributed by atoms with van der Waals surface area (Å²) in [5.74, 6) is 0.266. The minimum Gasteiger partial charge on any atom is -0.368 e. The van der Waals surface area contributed by atoms with Crippen molar-refractivity contribution in [2.75, 3.05) is 32.4 Å². The lowest BCUT2D eigenvalue weighted by Gasteiger charge is -2.47. The number of carbonyl (C=O) groups is 2. The number of carbonyl (C=O) groups excluding carboxylic acids is 2. The zero-order valence-electron chi connectivity index (χ0n) is 16.1. The van der Waals surface area contributed by atoms with Crippen LogP contribution in [0.5, 0.6) is 0 Å². The summed E-state index contributed by atoms with van der Waals surface area (Å²) < 4.78 is 0. The van der Waals surface area contributed by atoms with Gasteiger partial charge in [0, 0.05) is 50.3 Å². The lowest BCUT2D eigenvalue weighted by Crippen LogP contribution is -2.54. The predicted octanol–water partition coefficient (Wildman–Crippen LogP) is 2.20. The van der Waals surface area contributed by atoms with Gasteiger partial charge in [0.25, 0.3) is 5.91 Å². The fourth-order valence-electron chi connectivity index (χ4n) is 4.49. The average Bonchev–Trinajstić information content (AvgIpc) is 2.71. The number of amides is 2. The fraction of sp³-hybridized carbons (Fsp3) is 0.429. The van der Waals surface area contributed by atoms with Gasteiger partial charge in [-0.25, -0.2) is 9.97 Å².